The SMILES string of the molecule is COC(=O)c1occc1CSc1nnc(NCc2ccccc2)s1. The highest BCUT2D eigenvalue weighted by atomic mass is 32.2. The Labute approximate surface area is 147 Å². The van der Waals surface area contributed by atoms with Crippen LogP contribution in [0.3, 0.4) is 0 Å². The van der Waals surface area contributed by atoms with Crippen LogP contribution in [-0.4, -0.2) is 23.3 Å². The van der Waals surface area contributed by atoms with Crippen LogP contribution in [-0.2, 0) is 17.0 Å². The molecule has 124 valence electrons. The lowest BCUT2D eigenvalue weighted by Crippen LogP contribution is -2.02. The van der Waals surface area contributed by atoms with Crippen LogP contribution in [0.2, 0.25) is 0 Å². The summed E-state index contributed by atoms with van der Waals surface area (Å²) >= 11 is 2.98. The molecule has 0 spiro atoms. The van der Waals surface area contributed by atoms with Crippen LogP contribution in [0.1, 0.15) is 21.7 Å². The van der Waals surface area contributed by atoms with Gasteiger partial charge in [-0.05, 0) is 11.6 Å². The number of benzene rings is 1. The van der Waals surface area contributed by atoms with Gasteiger partial charge in [-0.1, -0.05) is 53.4 Å². The molecule has 0 amide bonds. The summed E-state index contributed by atoms with van der Waals surface area (Å²) in [6.07, 6.45) is 1.48. The van der Waals surface area contributed by atoms with E-state index in [1.165, 1.54) is 42.0 Å². The number of ether oxygens (including phenoxy) is 1. The number of rotatable bonds is 7. The van der Waals surface area contributed by atoms with E-state index >= 15 is 0 Å². The quantitative estimate of drug-likeness (QED) is 0.506. The standard InChI is InChI=1S/C16H15N3O3S2/c1-21-14(20)13-12(7-8-22-13)10-23-16-19-18-15(24-16)17-9-11-5-3-2-4-6-11/h2-8H,9-10H2,1H3,(H,17,18). The summed E-state index contributed by atoms with van der Waals surface area (Å²) in [5.41, 5.74) is 1.96. The first-order chi connectivity index (χ1) is 11.8. The number of thioether (sulfide) groups is 1. The minimum atomic E-state index is -0.474. The first-order valence-electron chi connectivity index (χ1n) is 7.15. The van der Waals surface area contributed by atoms with Gasteiger partial charge in [-0.3, -0.25) is 0 Å². The van der Waals surface area contributed by atoms with Crippen molar-refractivity contribution >= 4 is 34.2 Å². The van der Waals surface area contributed by atoms with Gasteiger partial charge in [0.25, 0.3) is 0 Å². The minimum absolute atomic E-state index is 0.233. The summed E-state index contributed by atoms with van der Waals surface area (Å²) in [5, 5.41) is 12.3. The predicted molar refractivity (Wildman–Crippen MR) is 93.3 cm³/mol. The Morgan fingerprint density at radius 2 is 2.12 bits per heavy atom. The van der Waals surface area contributed by atoms with E-state index in [4.69, 9.17) is 4.42 Å². The Hall–Kier alpha value is -2.32. The molecular weight excluding hydrogens is 346 g/mol. The van der Waals surface area contributed by atoms with E-state index in [1.807, 2.05) is 18.2 Å². The number of furan rings is 1. The van der Waals surface area contributed by atoms with Crippen LogP contribution < -0.4 is 5.32 Å². The van der Waals surface area contributed by atoms with Crippen LogP contribution in [0.5, 0.6) is 0 Å². The molecule has 0 aliphatic carbocycles. The predicted octanol–water partition coefficient (Wildman–Crippen LogP) is 3.82. The molecule has 0 radical (unpaired) electrons. The number of carbonyl (C=O) groups is 1. The van der Waals surface area contributed by atoms with Gasteiger partial charge in [-0.25, -0.2) is 4.79 Å². The molecule has 2 heterocycles. The lowest BCUT2D eigenvalue weighted by atomic mass is 10.2. The number of hydrogen-bond acceptors (Lipinski definition) is 8. The average Bonchev–Trinajstić information content (AvgIpc) is 3.27. The average molecular weight is 361 g/mol. The topological polar surface area (TPSA) is 77.2 Å². The molecule has 0 saturated carbocycles. The van der Waals surface area contributed by atoms with Gasteiger partial charge in [0.15, 0.2) is 4.34 Å². The molecule has 0 atom stereocenters. The Morgan fingerprint density at radius 3 is 2.92 bits per heavy atom. The summed E-state index contributed by atoms with van der Waals surface area (Å²) in [7, 11) is 1.33. The van der Waals surface area contributed by atoms with Crippen molar-refractivity contribution in [2.24, 2.45) is 0 Å². The first-order valence-corrected chi connectivity index (χ1v) is 8.95. The van der Waals surface area contributed by atoms with E-state index in [9.17, 15) is 4.79 Å². The number of anilines is 1. The molecule has 0 aliphatic rings. The maximum Gasteiger partial charge on any atom is 0.374 e. The second-order valence-electron chi connectivity index (χ2n) is 4.77. The highest BCUT2D eigenvalue weighted by Crippen LogP contribution is 2.29. The van der Waals surface area contributed by atoms with Gasteiger partial charge in [-0.15, -0.1) is 10.2 Å². The smallest absolute Gasteiger partial charge is 0.374 e. The Morgan fingerprint density at radius 1 is 1.29 bits per heavy atom. The third-order valence-electron chi connectivity index (χ3n) is 3.16. The van der Waals surface area contributed by atoms with E-state index in [0.717, 1.165) is 15.0 Å². The summed E-state index contributed by atoms with van der Waals surface area (Å²) in [4.78, 5) is 11.6. The number of hydrogen-bond donors (Lipinski definition) is 1. The molecule has 1 N–H and O–H groups in total. The van der Waals surface area contributed by atoms with Crippen LogP contribution in [0.15, 0.2) is 51.4 Å². The van der Waals surface area contributed by atoms with Gasteiger partial charge in [0.05, 0.1) is 13.4 Å². The molecule has 2 aromatic heterocycles. The third kappa shape index (κ3) is 4.15. The zero-order chi connectivity index (χ0) is 16.8. The van der Waals surface area contributed by atoms with Crippen molar-refractivity contribution in [3.05, 3.63) is 59.5 Å². The summed E-state index contributed by atoms with van der Waals surface area (Å²) < 4.78 is 10.7. The molecule has 0 unspecified atom stereocenters. The fourth-order valence-corrected chi connectivity index (χ4v) is 3.70. The zero-order valence-corrected chi connectivity index (χ0v) is 14.5. The number of carbonyl (C=O) groups excluding carboxylic acids is 1. The van der Waals surface area contributed by atoms with E-state index in [1.54, 1.807) is 6.07 Å². The second-order valence-corrected chi connectivity index (χ2v) is 6.97. The van der Waals surface area contributed by atoms with Crippen LogP contribution in [0, 0.1) is 0 Å². The van der Waals surface area contributed by atoms with Gasteiger partial charge in [0.2, 0.25) is 10.9 Å². The Bertz CT molecular complexity index is 802. The molecule has 0 fully saturated rings. The molecule has 24 heavy (non-hydrogen) atoms. The van der Waals surface area contributed by atoms with Crippen molar-refractivity contribution in [2.75, 3.05) is 12.4 Å². The molecule has 0 aliphatic heterocycles. The van der Waals surface area contributed by atoms with E-state index < -0.39 is 5.97 Å². The van der Waals surface area contributed by atoms with Gasteiger partial charge >= 0.3 is 5.97 Å². The van der Waals surface area contributed by atoms with Gasteiger partial charge in [0.1, 0.15) is 0 Å². The fourth-order valence-electron chi connectivity index (χ4n) is 1.97. The van der Waals surface area contributed by atoms with Crippen molar-refractivity contribution in [1.29, 1.82) is 0 Å². The summed E-state index contributed by atoms with van der Waals surface area (Å²) in [6.45, 7) is 0.703. The molecule has 0 bridgehead atoms. The Kier molecular flexibility index (Phi) is 5.50. The molecule has 1 aromatic carbocycles. The van der Waals surface area contributed by atoms with Gasteiger partial charge < -0.3 is 14.5 Å². The van der Waals surface area contributed by atoms with Gasteiger partial charge in [0, 0.05) is 17.9 Å². The molecule has 0 saturated heterocycles. The number of methoxy groups -OCH3 is 1. The number of nitrogens with one attached hydrogen (secondary N) is 1. The highest BCUT2D eigenvalue weighted by Gasteiger charge is 2.16. The van der Waals surface area contributed by atoms with Crippen LogP contribution in [0.4, 0.5) is 5.13 Å². The summed E-state index contributed by atoms with van der Waals surface area (Å²) in [5.74, 6) is 0.323. The van der Waals surface area contributed by atoms with Crippen LogP contribution >= 0.6 is 23.1 Å². The van der Waals surface area contributed by atoms with Gasteiger partial charge in [-0.2, -0.15) is 0 Å². The lowest BCUT2D eigenvalue weighted by Gasteiger charge is -2.01. The zero-order valence-electron chi connectivity index (χ0n) is 12.9. The number of nitrogens with zero attached hydrogens (tertiary/aromatic N) is 2. The summed E-state index contributed by atoms with van der Waals surface area (Å²) in [6, 6.07) is 11.9. The molecule has 3 aromatic rings. The molecule has 6 nitrogen and oxygen atoms in total. The molecule has 8 heteroatoms. The van der Waals surface area contributed by atoms with Crippen molar-refractivity contribution in [2.45, 2.75) is 16.6 Å². The number of aromatic nitrogens is 2. The van der Waals surface area contributed by atoms with Crippen molar-refractivity contribution < 1.29 is 13.9 Å². The van der Waals surface area contributed by atoms with Crippen molar-refractivity contribution in [3.8, 4) is 0 Å². The van der Waals surface area contributed by atoms with E-state index in [-0.39, 0.29) is 5.76 Å². The van der Waals surface area contributed by atoms with Crippen molar-refractivity contribution in [1.82, 2.24) is 10.2 Å². The van der Waals surface area contributed by atoms with E-state index in [0.29, 0.717) is 12.3 Å². The van der Waals surface area contributed by atoms with Crippen LogP contribution in [0.25, 0.3) is 0 Å². The van der Waals surface area contributed by atoms with Crippen molar-refractivity contribution in [3.63, 3.8) is 0 Å². The maximum absolute atomic E-state index is 11.6. The second kappa shape index (κ2) is 7.98. The normalized spacial score (nSPS) is 10.5. The largest absolute Gasteiger partial charge is 0.463 e. The number of esters is 1. The molecular formula is C16H15N3O3S2. The van der Waals surface area contributed by atoms with E-state index in [2.05, 4.69) is 32.4 Å². The lowest BCUT2D eigenvalue weighted by molar-refractivity contribution is 0.0564. The monoisotopic (exact) mass is 361 g/mol. The third-order valence-corrected chi connectivity index (χ3v) is 5.22. The molecule has 3 rings (SSSR count). The Balaban J connectivity index is 1.55. The fraction of sp³-hybridized carbons (Fsp3) is 0.188. The maximum atomic E-state index is 11.6. The minimum Gasteiger partial charge on any atom is -0.463 e. The first kappa shape index (κ1) is 16.5. The highest BCUT2D eigenvalue weighted by molar-refractivity contribution is 8.00.